The summed E-state index contributed by atoms with van der Waals surface area (Å²) < 4.78 is 0. The summed E-state index contributed by atoms with van der Waals surface area (Å²) in [7, 11) is 1.69. The summed E-state index contributed by atoms with van der Waals surface area (Å²) in [4.78, 5) is 23.2. The van der Waals surface area contributed by atoms with Gasteiger partial charge in [-0.3, -0.25) is 14.7 Å². The van der Waals surface area contributed by atoms with Crippen LogP contribution >= 0.6 is 0 Å². The average Bonchev–Trinajstić information content (AvgIpc) is 2.64. The number of carbonyl (C=O) groups excluding carboxylic acids is 1. The Morgan fingerprint density at radius 3 is 2.68 bits per heavy atom. The molecule has 2 aromatic rings. The van der Waals surface area contributed by atoms with E-state index in [2.05, 4.69) is 18.0 Å². The molecule has 1 aliphatic heterocycles. The van der Waals surface area contributed by atoms with Gasteiger partial charge in [0.15, 0.2) is 5.96 Å². The summed E-state index contributed by atoms with van der Waals surface area (Å²) in [6, 6.07) is 12.1. The molecule has 25 heavy (non-hydrogen) atoms. The summed E-state index contributed by atoms with van der Waals surface area (Å²) in [6.07, 6.45) is 5.28. The summed E-state index contributed by atoms with van der Waals surface area (Å²) >= 11 is 0. The maximum atomic E-state index is 12.8. The number of rotatable bonds is 4. The van der Waals surface area contributed by atoms with E-state index in [0.717, 1.165) is 29.5 Å². The molecular formula is C20H24N4O. The van der Waals surface area contributed by atoms with Gasteiger partial charge in [0.1, 0.15) is 0 Å². The molecule has 5 nitrogen and oxygen atoms in total. The van der Waals surface area contributed by atoms with Crippen molar-refractivity contribution < 1.29 is 4.79 Å². The van der Waals surface area contributed by atoms with Gasteiger partial charge in [0.2, 0.25) is 5.91 Å². The molecule has 0 saturated heterocycles. The van der Waals surface area contributed by atoms with Gasteiger partial charge in [-0.2, -0.15) is 0 Å². The molecule has 0 aliphatic carbocycles. The van der Waals surface area contributed by atoms with Gasteiger partial charge in [-0.25, -0.2) is 4.99 Å². The van der Waals surface area contributed by atoms with Crippen LogP contribution in [0.2, 0.25) is 0 Å². The lowest BCUT2D eigenvalue weighted by Crippen LogP contribution is -2.53. The van der Waals surface area contributed by atoms with Crippen molar-refractivity contribution in [3.63, 3.8) is 0 Å². The molecule has 0 radical (unpaired) electrons. The molecule has 5 heteroatoms. The number of nitrogens with two attached hydrogens (primary N) is 1. The van der Waals surface area contributed by atoms with E-state index in [4.69, 9.17) is 10.7 Å². The van der Waals surface area contributed by atoms with Gasteiger partial charge >= 0.3 is 0 Å². The van der Waals surface area contributed by atoms with Crippen LogP contribution in [-0.2, 0) is 10.3 Å². The van der Waals surface area contributed by atoms with Gasteiger partial charge in [0.05, 0.1) is 11.5 Å². The van der Waals surface area contributed by atoms with Gasteiger partial charge in [-0.15, -0.1) is 0 Å². The Balaban J connectivity index is 2.11. The van der Waals surface area contributed by atoms with Crippen molar-refractivity contribution in [3.8, 4) is 11.1 Å². The number of guanidine groups is 1. The third kappa shape index (κ3) is 3.02. The van der Waals surface area contributed by atoms with Crippen LogP contribution in [0.4, 0.5) is 0 Å². The summed E-state index contributed by atoms with van der Waals surface area (Å²) in [6.45, 7) is 4.09. The van der Waals surface area contributed by atoms with Crippen molar-refractivity contribution in [3.05, 3.63) is 54.4 Å². The molecule has 1 amide bonds. The fourth-order valence-corrected chi connectivity index (χ4v) is 3.48. The van der Waals surface area contributed by atoms with E-state index < -0.39 is 5.54 Å². The zero-order valence-corrected chi connectivity index (χ0v) is 14.9. The molecule has 1 aromatic heterocycles. The molecule has 2 atom stereocenters. The van der Waals surface area contributed by atoms with Gasteiger partial charge < -0.3 is 5.73 Å². The van der Waals surface area contributed by atoms with Crippen molar-refractivity contribution in [2.24, 2.45) is 16.6 Å². The molecule has 0 unspecified atom stereocenters. The molecule has 2 N–H and O–H groups in total. The first-order chi connectivity index (χ1) is 12.0. The Labute approximate surface area is 148 Å². The van der Waals surface area contributed by atoms with Crippen LogP contribution in [0.5, 0.6) is 0 Å². The Hall–Kier alpha value is -2.69. The van der Waals surface area contributed by atoms with Crippen LogP contribution in [0, 0.1) is 5.92 Å². The van der Waals surface area contributed by atoms with E-state index in [-0.39, 0.29) is 17.8 Å². The van der Waals surface area contributed by atoms with Crippen LogP contribution in [-0.4, -0.2) is 28.8 Å². The van der Waals surface area contributed by atoms with Crippen molar-refractivity contribution >= 4 is 11.9 Å². The smallest absolute Gasteiger partial charge is 0.234 e. The molecule has 0 bridgehead atoms. The first kappa shape index (κ1) is 17.1. The maximum Gasteiger partial charge on any atom is 0.234 e. The zero-order valence-electron chi connectivity index (χ0n) is 14.9. The van der Waals surface area contributed by atoms with Crippen molar-refractivity contribution in [2.75, 3.05) is 7.05 Å². The Morgan fingerprint density at radius 2 is 2.00 bits per heavy atom. The number of amides is 1. The van der Waals surface area contributed by atoms with Crippen molar-refractivity contribution in [1.82, 2.24) is 9.88 Å². The van der Waals surface area contributed by atoms with Crippen LogP contribution in [0.1, 0.15) is 32.3 Å². The molecule has 130 valence electrons. The second kappa shape index (κ2) is 6.67. The number of nitrogens with zero attached hydrogens (tertiary/aromatic N) is 3. The fourth-order valence-electron chi connectivity index (χ4n) is 3.48. The maximum absolute atomic E-state index is 12.8. The second-order valence-corrected chi connectivity index (χ2v) is 6.68. The van der Waals surface area contributed by atoms with Crippen LogP contribution in [0.25, 0.3) is 11.1 Å². The number of hydrogen-bond donors (Lipinski definition) is 1. The SMILES string of the molecule is CCC[C@H]1C(=O)N(C)C(N)=N[C@]1(C)c1cccc(-c2cccnc2)c1. The number of hydrogen-bond acceptors (Lipinski definition) is 4. The summed E-state index contributed by atoms with van der Waals surface area (Å²) in [5, 5.41) is 0. The third-order valence-corrected chi connectivity index (χ3v) is 5.02. The van der Waals surface area contributed by atoms with Crippen LogP contribution in [0.3, 0.4) is 0 Å². The van der Waals surface area contributed by atoms with E-state index in [0.29, 0.717) is 0 Å². The zero-order chi connectivity index (χ0) is 18.0. The minimum atomic E-state index is -0.665. The van der Waals surface area contributed by atoms with E-state index >= 15 is 0 Å². The molecular weight excluding hydrogens is 312 g/mol. The topological polar surface area (TPSA) is 71.6 Å². The number of aromatic nitrogens is 1. The van der Waals surface area contributed by atoms with Gasteiger partial charge in [-0.05, 0) is 42.2 Å². The Bertz CT molecular complexity index is 802. The molecule has 3 rings (SSSR count). The Morgan fingerprint density at radius 1 is 1.24 bits per heavy atom. The van der Waals surface area contributed by atoms with Gasteiger partial charge in [0.25, 0.3) is 0 Å². The van der Waals surface area contributed by atoms with Gasteiger partial charge in [-0.1, -0.05) is 37.6 Å². The van der Waals surface area contributed by atoms with Crippen molar-refractivity contribution in [2.45, 2.75) is 32.2 Å². The molecule has 0 spiro atoms. The standard InChI is InChI=1S/C20H24N4O/c1-4-7-17-18(25)24(3)19(21)23-20(17,2)16-10-5-8-14(12-16)15-9-6-11-22-13-15/h5-6,8-13,17H,4,7H2,1-3H3,(H2,21,23)/t17-,20+/m0/s1. The monoisotopic (exact) mass is 336 g/mol. The highest BCUT2D eigenvalue weighted by molar-refractivity contribution is 6.00. The molecule has 2 heterocycles. The highest BCUT2D eigenvalue weighted by Crippen LogP contribution is 2.41. The van der Waals surface area contributed by atoms with E-state index in [1.54, 1.807) is 13.2 Å². The number of benzene rings is 1. The normalized spacial score (nSPS) is 23.5. The third-order valence-electron chi connectivity index (χ3n) is 5.02. The predicted octanol–water partition coefficient (Wildman–Crippen LogP) is 3.17. The lowest BCUT2D eigenvalue weighted by Gasteiger charge is -2.40. The molecule has 1 aliphatic rings. The Kier molecular flexibility index (Phi) is 4.57. The largest absolute Gasteiger partial charge is 0.369 e. The number of aliphatic imine (C=N–C) groups is 1. The van der Waals surface area contributed by atoms with E-state index in [1.807, 2.05) is 43.5 Å². The molecule has 0 saturated carbocycles. The second-order valence-electron chi connectivity index (χ2n) is 6.68. The van der Waals surface area contributed by atoms with Crippen molar-refractivity contribution in [1.29, 1.82) is 0 Å². The minimum absolute atomic E-state index is 0.0311. The lowest BCUT2D eigenvalue weighted by molar-refractivity contribution is -0.134. The minimum Gasteiger partial charge on any atom is -0.369 e. The van der Waals surface area contributed by atoms with Crippen LogP contribution < -0.4 is 5.73 Å². The molecule has 0 fully saturated rings. The number of carbonyl (C=O) groups is 1. The van der Waals surface area contributed by atoms with Gasteiger partial charge in [0, 0.05) is 19.4 Å². The first-order valence-corrected chi connectivity index (χ1v) is 8.61. The van der Waals surface area contributed by atoms with E-state index in [1.165, 1.54) is 4.90 Å². The van der Waals surface area contributed by atoms with Crippen LogP contribution in [0.15, 0.2) is 53.8 Å². The summed E-state index contributed by atoms with van der Waals surface area (Å²) in [5.41, 5.74) is 8.46. The quantitative estimate of drug-likeness (QED) is 0.932. The lowest BCUT2D eigenvalue weighted by atomic mass is 9.75. The first-order valence-electron chi connectivity index (χ1n) is 8.61. The molecule has 1 aromatic carbocycles. The predicted molar refractivity (Wildman–Crippen MR) is 99.8 cm³/mol. The highest BCUT2D eigenvalue weighted by atomic mass is 16.2. The summed E-state index contributed by atoms with van der Waals surface area (Å²) in [5.74, 6) is 0.0780. The fraction of sp³-hybridized carbons (Fsp3) is 0.350. The average molecular weight is 336 g/mol. The van der Waals surface area contributed by atoms with E-state index in [9.17, 15) is 4.79 Å². The highest BCUT2D eigenvalue weighted by Gasteiger charge is 2.45. The number of pyridine rings is 1.